The van der Waals surface area contributed by atoms with Gasteiger partial charge in [-0.3, -0.25) is 9.59 Å². The van der Waals surface area contributed by atoms with Crippen molar-refractivity contribution < 1.29 is 14.3 Å². The molecule has 0 aliphatic carbocycles. The van der Waals surface area contributed by atoms with Gasteiger partial charge >= 0.3 is 0 Å². The van der Waals surface area contributed by atoms with Crippen LogP contribution in [-0.2, 0) is 4.79 Å². The van der Waals surface area contributed by atoms with E-state index < -0.39 is 0 Å². The molecule has 2 amide bonds. The first-order valence-electron chi connectivity index (χ1n) is 7.62. The number of ether oxygens (including phenoxy) is 1. The number of nitrogens with one attached hydrogen (secondary N) is 1. The van der Waals surface area contributed by atoms with Gasteiger partial charge in [0.05, 0.1) is 13.0 Å². The maximum absolute atomic E-state index is 12.5. The van der Waals surface area contributed by atoms with Crippen molar-refractivity contribution in [3.63, 3.8) is 0 Å². The number of piperazine rings is 1. The van der Waals surface area contributed by atoms with E-state index in [9.17, 15) is 9.59 Å². The zero-order valence-electron chi connectivity index (χ0n) is 12.7. The van der Waals surface area contributed by atoms with Crippen molar-refractivity contribution >= 4 is 11.8 Å². The summed E-state index contributed by atoms with van der Waals surface area (Å²) in [6.07, 6.45) is 0. The van der Waals surface area contributed by atoms with Crippen LogP contribution in [0.25, 0.3) is 0 Å². The Morgan fingerprint density at radius 1 is 1.14 bits per heavy atom. The number of nitrogens with zero attached hydrogens (tertiary/aromatic N) is 2. The summed E-state index contributed by atoms with van der Waals surface area (Å²) in [5.41, 5.74) is 0.627. The largest absolute Gasteiger partial charge is 0.497 e. The van der Waals surface area contributed by atoms with Crippen LogP contribution in [0.5, 0.6) is 5.75 Å². The number of hydrogen-bond acceptors (Lipinski definition) is 4. The fourth-order valence-corrected chi connectivity index (χ4v) is 2.79. The van der Waals surface area contributed by atoms with Crippen molar-refractivity contribution in [2.75, 3.05) is 46.4 Å². The van der Waals surface area contributed by atoms with Gasteiger partial charge in [-0.1, -0.05) is 6.07 Å². The summed E-state index contributed by atoms with van der Waals surface area (Å²) in [4.78, 5) is 28.4. The molecule has 6 nitrogen and oxygen atoms in total. The van der Waals surface area contributed by atoms with Gasteiger partial charge < -0.3 is 19.9 Å². The van der Waals surface area contributed by atoms with Crippen molar-refractivity contribution in [1.29, 1.82) is 0 Å². The smallest absolute Gasteiger partial charge is 0.254 e. The van der Waals surface area contributed by atoms with E-state index in [4.69, 9.17) is 4.74 Å². The molecule has 0 spiro atoms. The highest BCUT2D eigenvalue weighted by Crippen LogP contribution is 2.16. The Balaban J connectivity index is 1.58. The Kier molecular flexibility index (Phi) is 4.29. The number of rotatable bonds is 3. The molecule has 2 heterocycles. The Hall–Kier alpha value is -2.08. The molecule has 2 aliphatic rings. The Bertz CT molecular complexity index is 564. The highest BCUT2D eigenvalue weighted by Gasteiger charge is 2.32. The molecular formula is C16H21N3O3. The van der Waals surface area contributed by atoms with E-state index in [1.807, 2.05) is 17.0 Å². The fraction of sp³-hybridized carbons (Fsp3) is 0.500. The minimum atomic E-state index is -0.00342. The lowest BCUT2D eigenvalue weighted by molar-refractivity contribution is -0.138. The SMILES string of the molecule is COc1cccc(C(=O)N2CCN(C(=O)C3CNC3)CC2)c1. The second-order valence-electron chi connectivity index (χ2n) is 5.70. The van der Waals surface area contributed by atoms with Crippen molar-refractivity contribution in [2.45, 2.75) is 0 Å². The topological polar surface area (TPSA) is 61.9 Å². The highest BCUT2D eigenvalue weighted by atomic mass is 16.5. The van der Waals surface area contributed by atoms with Gasteiger partial charge in [0, 0.05) is 44.8 Å². The lowest BCUT2D eigenvalue weighted by Crippen LogP contribution is -2.57. The molecule has 0 unspecified atom stereocenters. The van der Waals surface area contributed by atoms with E-state index in [0.29, 0.717) is 37.5 Å². The first-order valence-corrected chi connectivity index (χ1v) is 7.62. The van der Waals surface area contributed by atoms with Crippen molar-refractivity contribution in [3.8, 4) is 5.75 Å². The fourth-order valence-electron chi connectivity index (χ4n) is 2.79. The van der Waals surface area contributed by atoms with E-state index in [0.717, 1.165) is 13.1 Å². The van der Waals surface area contributed by atoms with Gasteiger partial charge in [-0.15, -0.1) is 0 Å². The van der Waals surface area contributed by atoms with Crippen LogP contribution in [0, 0.1) is 5.92 Å². The minimum Gasteiger partial charge on any atom is -0.497 e. The summed E-state index contributed by atoms with van der Waals surface area (Å²) in [5.74, 6) is 1.02. The van der Waals surface area contributed by atoms with Gasteiger partial charge in [0.15, 0.2) is 0 Å². The molecule has 1 aromatic carbocycles. The zero-order chi connectivity index (χ0) is 15.5. The predicted octanol–water partition coefficient (Wildman–Crippen LogP) is 0.199. The van der Waals surface area contributed by atoms with Gasteiger partial charge in [-0.2, -0.15) is 0 Å². The Morgan fingerprint density at radius 2 is 1.82 bits per heavy atom. The van der Waals surface area contributed by atoms with Gasteiger partial charge in [-0.25, -0.2) is 0 Å². The lowest BCUT2D eigenvalue weighted by atomic mass is 10.0. The predicted molar refractivity (Wildman–Crippen MR) is 81.8 cm³/mol. The van der Waals surface area contributed by atoms with Crippen LogP contribution in [0.2, 0.25) is 0 Å². The second-order valence-corrected chi connectivity index (χ2v) is 5.70. The third-order valence-corrected chi connectivity index (χ3v) is 4.33. The van der Waals surface area contributed by atoms with Crippen LogP contribution >= 0.6 is 0 Å². The summed E-state index contributed by atoms with van der Waals surface area (Å²) in [7, 11) is 1.59. The van der Waals surface area contributed by atoms with E-state index >= 15 is 0 Å². The molecule has 1 aromatic rings. The molecule has 0 radical (unpaired) electrons. The summed E-state index contributed by atoms with van der Waals surface area (Å²) in [6, 6.07) is 7.18. The van der Waals surface area contributed by atoms with Gasteiger partial charge in [0.1, 0.15) is 5.75 Å². The van der Waals surface area contributed by atoms with Crippen LogP contribution in [0.1, 0.15) is 10.4 Å². The van der Waals surface area contributed by atoms with E-state index in [1.165, 1.54) is 0 Å². The molecule has 118 valence electrons. The molecule has 0 saturated carbocycles. The summed E-state index contributed by atoms with van der Waals surface area (Å²) in [6.45, 7) is 3.96. The minimum absolute atomic E-state index is 0.00342. The van der Waals surface area contributed by atoms with Crippen LogP contribution in [0.15, 0.2) is 24.3 Å². The van der Waals surface area contributed by atoms with Crippen molar-refractivity contribution in [2.24, 2.45) is 5.92 Å². The van der Waals surface area contributed by atoms with E-state index in [-0.39, 0.29) is 17.7 Å². The quantitative estimate of drug-likeness (QED) is 0.866. The summed E-state index contributed by atoms with van der Waals surface area (Å²) >= 11 is 0. The zero-order valence-corrected chi connectivity index (χ0v) is 12.7. The monoisotopic (exact) mass is 303 g/mol. The number of methoxy groups -OCH3 is 1. The summed E-state index contributed by atoms with van der Waals surface area (Å²) < 4.78 is 5.16. The molecule has 0 atom stereocenters. The number of hydrogen-bond donors (Lipinski definition) is 1. The number of benzene rings is 1. The van der Waals surface area contributed by atoms with Crippen molar-refractivity contribution in [3.05, 3.63) is 29.8 Å². The molecule has 2 aliphatic heterocycles. The van der Waals surface area contributed by atoms with Crippen LogP contribution in [0.3, 0.4) is 0 Å². The Morgan fingerprint density at radius 3 is 2.41 bits per heavy atom. The molecule has 2 saturated heterocycles. The van der Waals surface area contributed by atoms with E-state index in [1.54, 1.807) is 24.1 Å². The normalized spacial score (nSPS) is 18.8. The third-order valence-electron chi connectivity index (χ3n) is 4.33. The molecule has 1 N–H and O–H groups in total. The second kappa shape index (κ2) is 6.36. The molecule has 2 fully saturated rings. The highest BCUT2D eigenvalue weighted by molar-refractivity contribution is 5.94. The molecule has 22 heavy (non-hydrogen) atoms. The van der Waals surface area contributed by atoms with Gasteiger partial charge in [0.25, 0.3) is 5.91 Å². The maximum atomic E-state index is 12.5. The van der Waals surface area contributed by atoms with Crippen LogP contribution in [-0.4, -0.2) is 68.0 Å². The average molecular weight is 303 g/mol. The lowest BCUT2D eigenvalue weighted by Gasteiger charge is -2.38. The number of amides is 2. The van der Waals surface area contributed by atoms with E-state index in [2.05, 4.69) is 5.32 Å². The molecule has 0 aromatic heterocycles. The molecule has 6 heteroatoms. The maximum Gasteiger partial charge on any atom is 0.254 e. The number of carbonyl (C=O) groups is 2. The van der Waals surface area contributed by atoms with Gasteiger partial charge in [0.2, 0.25) is 5.91 Å². The van der Waals surface area contributed by atoms with Crippen LogP contribution < -0.4 is 10.1 Å². The molecule has 0 bridgehead atoms. The first kappa shape index (κ1) is 14.8. The first-order chi connectivity index (χ1) is 10.7. The molecule has 3 rings (SSSR count). The third kappa shape index (κ3) is 2.92. The van der Waals surface area contributed by atoms with Crippen molar-refractivity contribution in [1.82, 2.24) is 15.1 Å². The van der Waals surface area contributed by atoms with Crippen LogP contribution in [0.4, 0.5) is 0 Å². The molecular weight excluding hydrogens is 282 g/mol. The standard InChI is InChI=1S/C16H21N3O3/c1-22-14-4-2-3-12(9-14)15(20)18-5-7-19(8-6-18)16(21)13-10-17-11-13/h2-4,9,13,17H,5-8,10-11H2,1H3. The number of carbonyl (C=O) groups excluding carboxylic acids is 2. The van der Waals surface area contributed by atoms with Gasteiger partial charge in [-0.05, 0) is 18.2 Å². The Labute approximate surface area is 130 Å². The summed E-state index contributed by atoms with van der Waals surface area (Å²) in [5, 5.41) is 3.12. The average Bonchev–Trinajstić information content (AvgIpc) is 2.52.